The predicted molar refractivity (Wildman–Crippen MR) is 170 cm³/mol. The first kappa shape index (κ1) is 34.4. The number of allylic oxidation sites excluding steroid dienone is 1. The molecule has 7 atom stereocenters. The summed E-state index contributed by atoms with van der Waals surface area (Å²) in [4.78, 5) is 60.5. The second kappa shape index (κ2) is 13.9. The minimum absolute atomic E-state index is 0.101. The quantitative estimate of drug-likeness (QED) is 0.248. The summed E-state index contributed by atoms with van der Waals surface area (Å²) in [6.07, 6.45) is 4.03. The zero-order valence-corrected chi connectivity index (χ0v) is 27.3. The van der Waals surface area contributed by atoms with Crippen LogP contribution in [-0.4, -0.2) is 99.6 Å². The third kappa shape index (κ3) is 6.45. The summed E-state index contributed by atoms with van der Waals surface area (Å²) in [6.45, 7) is 15.4. The van der Waals surface area contributed by atoms with Gasteiger partial charge in [0.25, 0.3) is 0 Å². The number of likely N-dealkylation sites (tertiary alicyclic amines) is 1. The molecule has 4 rings (SSSR count). The van der Waals surface area contributed by atoms with Crippen LogP contribution in [0, 0.1) is 11.8 Å². The molecule has 1 spiro atoms. The van der Waals surface area contributed by atoms with Crippen molar-refractivity contribution in [2.45, 2.75) is 95.2 Å². The monoisotopic (exact) mass is 623 g/mol. The third-order valence-electron chi connectivity index (χ3n) is 9.63. The van der Waals surface area contributed by atoms with Crippen LogP contribution in [0.25, 0.3) is 0 Å². The highest BCUT2D eigenvalue weighted by molar-refractivity contribution is 5.98. The molecule has 246 valence electrons. The molecule has 1 aromatic rings. The fourth-order valence-electron chi connectivity index (χ4n) is 7.28. The topological polar surface area (TPSA) is 117 Å². The Morgan fingerprint density at radius 2 is 1.89 bits per heavy atom. The summed E-state index contributed by atoms with van der Waals surface area (Å²) in [5, 5.41) is 9.64. The first-order valence-electron chi connectivity index (χ1n) is 16.0. The van der Waals surface area contributed by atoms with E-state index >= 15 is 0 Å². The number of rotatable bonds is 14. The molecule has 3 saturated heterocycles. The molecule has 3 amide bonds. The number of nitrogens with zero attached hydrogens (tertiary/aromatic N) is 3. The molecule has 3 heterocycles. The molecule has 45 heavy (non-hydrogen) atoms. The molecule has 3 aliphatic heterocycles. The number of fused-ring (bicyclic) bond motifs is 1. The first-order valence-corrected chi connectivity index (χ1v) is 16.0. The summed E-state index contributed by atoms with van der Waals surface area (Å²) < 4.78 is 12.8. The number of hydrogen-bond acceptors (Lipinski definition) is 7. The number of aliphatic hydroxyl groups is 1. The maximum atomic E-state index is 14.4. The molecule has 1 N–H and O–H groups in total. The van der Waals surface area contributed by atoms with Crippen LogP contribution in [0.2, 0.25) is 0 Å². The van der Waals surface area contributed by atoms with E-state index in [-0.39, 0.29) is 50.3 Å². The molecule has 1 aromatic carbocycles. The molecule has 0 saturated carbocycles. The van der Waals surface area contributed by atoms with Crippen molar-refractivity contribution in [1.29, 1.82) is 0 Å². The summed E-state index contributed by atoms with van der Waals surface area (Å²) in [5.74, 6) is -3.09. The van der Waals surface area contributed by atoms with Gasteiger partial charge in [-0.3, -0.25) is 19.2 Å². The van der Waals surface area contributed by atoms with Crippen LogP contribution in [-0.2, 0) is 28.7 Å². The zero-order valence-electron chi connectivity index (χ0n) is 27.3. The summed E-state index contributed by atoms with van der Waals surface area (Å²) >= 11 is 0. The van der Waals surface area contributed by atoms with Crippen molar-refractivity contribution in [3.8, 4) is 0 Å². The second-order valence-corrected chi connectivity index (χ2v) is 13.4. The number of benzene rings is 1. The molecule has 10 nitrogen and oxygen atoms in total. The molecule has 3 fully saturated rings. The molecular weight excluding hydrogens is 574 g/mol. The van der Waals surface area contributed by atoms with Crippen LogP contribution in [0.15, 0.2) is 55.6 Å². The fraction of sp³-hybridized carbons (Fsp3) is 0.600. The third-order valence-corrected chi connectivity index (χ3v) is 9.63. The van der Waals surface area contributed by atoms with E-state index in [4.69, 9.17) is 9.47 Å². The van der Waals surface area contributed by atoms with E-state index in [9.17, 15) is 24.3 Å². The lowest BCUT2D eigenvalue weighted by Gasteiger charge is -2.42. The van der Waals surface area contributed by atoms with E-state index in [1.54, 1.807) is 29.0 Å². The van der Waals surface area contributed by atoms with Crippen LogP contribution in [0.1, 0.15) is 71.5 Å². The number of likely N-dealkylation sites (N-methyl/N-ethyl adjacent to an activating group) is 1. The Bertz CT molecular complexity index is 1280. The fourth-order valence-corrected chi connectivity index (χ4v) is 7.28. The molecule has 0 unspecified atom stereocenters. The average molecular weight is 624 g/mol. The van der Waals surface area contributed by atoms with Crippen LogP contribution in [0.4, 0.5) is 0 Å². The Labute approximate surface area is 267 Å². The van der Waals surface area contributed by atoms with Crippen LogP contribution >= 0.6 is 0 Å². The van der Waals surface area contributed by atoms with Gasteiger partial charge < -0.3 is 29.3 Å². The van der Waals surface area contributed by atoms with E-state index in [1.165, 1.54) is 4.90 Å². The number of amides is 3. The minimum Gasteiger partial charge on any atom is -0.455 e. The van der Waals surface area contributed by atoms with Gasteiger partial charge in [-0.25, -0.2) is 0 Å². The zero-order chi connectivity index (χ0) is 33.1. The highest BCUT2D eigenvalue weighted by atomic mass is 16.6. The first-order chi connectivity index (χ1) is 21.3. The predicted octanol–water partition coefficient (Wildman–Crippen LogP) is 3.65. The van der Waals surface area contributed by atoms with Crippen LogP contribution in [0.3, 0.4) is 0 Å². The largest absolute Gasteiger partial charge is 0.455 e. The van der Waals surface area contributed by atoms with Gasteiger partial charge in [0.05, 0.1) is 24.0 Å². The highest BCUT2D eigenvalue weighted by Gasteiger charge is 2.75. The molecule has 3 aliphatic rings. The van der Waals surface area contributed by atoms with Crippen LogP contribution in [0.5, 0.6) is 0 Å². The Balaban J connectivity index is 1.68. The van der Waals surface area contributed by atoms with Gasteiger partial charge in [0.2, 0.25) is 17.7 Å². The molecule has 10 heteroatoms. The van der Waals surface area contributed by atoms with Gasteiger partial charge in [-0.2, -0.15) is 0 Å². The van der Waals surface area contributed by atoms with Gasteiger partial charge in [0.15, 0.2) is 0 Å². The summed E-state index contributed by atoms with van der Waals surface area (Å²) in [5.41, 5.74) is -1.02. The summed E-state index contributed by atoms with van der Waals surface area (Å²) in [6, 6.07) is 7.80. The normalized spacial score (nSPS) is 26.6. The standard InChI is InChI=1S/C35H49N3O7/c1-8-10-17-26(40)36(7)23(3)29(24-15-12-11-13-16-24)44-33(43)27-25-18-19-35(45-25)28(27)31(41)37(21-14-22-39)30(35)32(42)38(20-9-2)34(4,5)6/h8-9,11-13,15-16,23,25,27-30,39H,1-2,10,14,17-22H2,3-7H3/t23-,25+,27-,28-,29+,30+,35-/m1/s1. The molecule has 0 aromatic heterocycles. The van der Waals surface area contributed by atoms with E-state index in [2.05, 4.69) is 13.2 Å². The number of esters is 1. The molecule has 0 aliphatic carbocycles. The number of aliphatic hydroxyl groups excluding tert-OH is 1. The highest BCUT2D eigenvalue weighted by Crippen LogP contribution is 2.59. The second-order valence-electron chi connectivity index (χ2n) is 13.4. The average Bonchev–Trinajstić information content (AvgIpc) is 3.66. The van der Waals surface area contributed by atoms with Gasteiger partial charge in [0, 0.05) is 38.7 Å². The van der Waals surface area contributed by atoms with Gasteiger partial charge in [-0.15, -0.1) is 13.2 Å². The van der Waals surface area contributed by atoms with Crippen molar-refractivity contribution >= 4 is 23.7 Å². The smallest absolute Gasteiger partial charge is 0.313 e. The Morgan fingerprint density at radius 3 is 2.49 bits per heavy atom. The van der Waals surface area contributed by atoms with Gasteiger partial charge >= 0.3 is 5.97 Å². The molecular formula is C35H49N3O7. The number of hydrogen-bond donors (Lipinski definition) is 1. The lowest BCUT2D eigenvalue weighted by atomic mass is 9.70. The van der Waals surface area contributed by atoms with E-state index < -0.39 is 53.2 Å². The lowest BCUT2D eigenvalue weighted by Crippen LogP contribution is -2.60. The number of carbonyl (C=O) groups excluding carboxylic acids is 4. The van der Waals surface area contributed by atoms with E-state index in [1.807, 2.05) is 58.0 Å². The van der Waals surface area contributed by atoms with Crippen molar-refractivity contribution in [2.24, 2.45) is 11.8 Å². The lowest BCUT2D eigenvalue weighted by molar-refractivity contribution is -0.164. The van der Waals surface area contributed by atoms with Crippen molar-refractivity contribution in [3.63, 3.8) is 0 Å². The molecule has 2 bridgehead atoms. The van der Waals surface area contributed by atoms with E-state index in [0.717, 1.165) is 5.56 Å². The number of carbonyl (C=O) groups is 4. The van der Waals surface area contributed by atoms with Gasteiger partial charge in [-0.05, 0) is 58.9 Å². The Morgan fingerprint density at radius 1 is 1.20 bits per heavy atom. The van der Waals surface area contributed by atoms with Gasteiger partial charge in [-0.1, -0.05) is 42.5 Å². The van der Waals surface area contributed by atoms with Crippen molar-refractivity contribution in [1.82, 2.24) is 14.7 Å². The van der Waals surface area contributed by atoms with Crippen LogP contribution < -0.4 is 0 Å². The SMILES string of the molecule is C=CCCC(=O)N(C)[C@H](C)[C@H](OC(=O)[C@@H]1[C@@H]2CC[C@]3(O2)[C@H](C(=O)N(CC=C)C(C)(C)C)N(CCCO)C(=O)[C@@H]13)c1ccccc1. The number of ether oxygens (including phenoxy) is 2. The Hall–Kier alpha value is -3.50. The maximum Gasteiger partial charge on any atom is 0.313 e. The van der Waals surface area contributed by atoms with Crippen molar-refractivity contribution in [2.75, 3.05) is 26.7 Å². The van der Waals surface area contributed by atoms with E-state index in [0.29, 0.717) is 19.3 Å². The summed E-state index contributed by atoms with van der Waals surface area (Å²) in [7, 11) is 1.69. The Kier molecular flexibility index (Phi) is 10.6. The van der Waals surface area contributed by atoms with Crippen molar-refractivity contribution < 1.29 is 33.8 Å². The van der Waals surface area contributed by atoms with Crippen molar-refractivity contribution in [3.05, 3.63) is 61.2 Å². The minimum atomic E-state index is -1.19. The maximum absolute atomic E-state index is 14.4. The molecule has 0 radical (unpaired) electrons. The van der Waals surface area contributed by atoms with Gasteiger partial charge in [0.1, 0.15) is 17.7 Å².